The first kappa shape index (κ1) is 14.8. The molecule has 6 heteroatoms. The van der Waals surface area contributed by atoms with E-state index in [1.54, 1.807) is 10.6 Å². The van der Waals surface area contributed by atoms with Gasteiger partial charge in [-0.3, -0.25) is 14.3 Å². The average Bonchev–Trinajstić information content (AvgIpc) is 2.84. The molecule has 0 spiro atoms. The van der Waals surface area contributed by atoms with Crippen LogP contribution in [0.1, 0.15) is 19.8 Å². The molecule has 1 aromatic heterocycles. The van der Waals surface area contributed by atoms with Crippen LogP contribution in [0.5, 0.6) is 0 Å². The molecule has 3 rings (SSSR count). The highest BCUT2D eigenvalue weighted by Crippen LogP contribution is 2.19. The molecule has 22 heavy (non-hydrogen) atoms. The highest BCUT2D eigenvalue weighted by Gasteiger charge is 2.27. The molecule has 0 N–H and O–H groups in total. The molecule has 0 saturated carbocycles. The largest absolute Gasteiger partial charge is 0.466 e. The van der Waals surface area contributed by atoms with Crippen molar-refractivity contribution in [3.8, 4) is 0 Å². The molecule has 2 heterocycles. The minimum absolute atomic E-state index is 0.109. The van der Waals surface area contributed by atoms with Gasteiger partial charge in [-0.05, 0) is 38.4 Å². The fourth-order valence-electron chi connectivity index (χ4n) is 2.98. The van der Waals surface area contributed by atoms with Crippen LogP contribution in [-0.2, 0) is 16.2 Å². The fourth-order valence-corrected chi connectivity index (χ4v) is 2.98. The molecule has 0 aliphatic carbocycles. The molecule has 118 valence electrons. The molecule has 1 unspecified atom stereocenters. The van der Waals surface area contributed by atoms with Crippen molar-refractivity contribution in [2.45, 2.75) is 26.4 Å². The summed E-state index contributed by atoms with van der Waals surface area (Å²) in [6.45, 7) is 4.13. The minimum Gasteiger partial charge on any atom is -0.466 e. The first-order chi connectivity index (χ1) is 10.7. The zero-order valence-corrected chi connectivity index (χ0v) is 12.7. The second kappa shape index (κ2) is 6.36. The van der Waals surface area contributed by atoms with Gasteiger partial charge in [-0.25, -0.2) is 4.79 Å². The number of carbonyl (C=O) groups is 1. The van der Waals surface area contributed by atoms with Gasteiger partial charge in [0.1, 0.15) is 0 Å². The van der Waals surface area contributed by atoms with Gasteiger partial charge in [0.05, 0.1) is 24.7 Å². The number of likely N-dealkylation sites (tertiary alicyclic amines) is 1. The maximum absolute atomic E-state index is 12.0. The van der Waals surface area contributed by atoms with E-state index in [9.17, 15) is 9.59 Å². The molecule has 1 aromatic carbocycles. The van der Waals surface area contributed by atoms with E-state index < -0.39 is 0 Å². The summed E-state index contributed by atoms with van der Waals surface area (Å²) >= 11 is 0. The summed E-state index contributed by atoms with van der Waals surface area (Å²) in [6, 6.07) is 7.37. The summed E-state index contributed by atoms with van der Waals surface area (Å²) in [5, 5.41) is 0. The second-order valence-corrected chi connectivity index (χ2v) is 5.57. The van der Waals surface area contributed by atoms with Crippen LogP contribution in [0.15, 0.2) is 33.5 Å². The van der Waals surface area contributed by atoms with Crippen LogP contribution in [-0.4, -0.2) is 35.1 Å². The van der Waals surface area contributed by atoms with Gasteiger partial charge in [0, 0.05) is 6.54 Å². The third kappa shape index (κ3) is 2.92. The van der Waals surface area contributed by atoms with Crippen molar-refractivity contribution in [2.75, 3.05) is 19.7 Å². The molecule has 1 atom stereocenters. The third-order valence-corrected chi connectivity index (χ3v) is 4.04. The molecule has 6 nitrogen and oxygen atoms in total. The van der Waals surface area contributed by atoms with Gasteiger partial charge in [-0.2, -0.15) is 0 Å². The number of benzene rings is 1. The van der Waals surface area contributed by atoms with Crippen LogP contribution in [0, 0.1) is 5.92 Å². The Kier molecular flexibility index (Phi) is 4.29. The summed E-state index contributed by atoms with van der Waals surface area (Å²) < 4.78 is 12.0. The lowest BCUT2D eigenvalue weighted by molar-refractivity contribution is -0.150. The third-order valence-electron chi connectivity index (χ3n) is 4.04. The molecule has 1 fully saturated rings. The highest BCUT2D eigenvalue weighted by molar-refractivity contribution is 5.73. The zero-order chi connectivity index (χ0) is 15.5. The Labute approximate surface area is 128 Å². The maximum atomic E-state index is 12.0. The van der Waals surface area contributed by atoms with Crippen LogP contribution in [0.4, 0.5) is 0 Å². The van der Waals surface area contributed by atoms with Gasteiger partial charge in [0.15, 0.2) is 5.58 Å². The maximum Gasteiger partial charge on any atom is 0.421 e. The number of nitrogens with zero attached hydrogens (tertiary/aromatic N) is 2. The van der Waals surface area contributed by atoms with Gasteiger partial charge in [0.25, 0.3) is 0 Å². The Bertz CT molecular complexity index is 718. The predicted octanol–water partition coefficient (Wildman–Crippen LogP) is 1.83. The Balaban J connectivity index is 1.76. The number of ether oxygens (including phenoxy) is 1. The van der Waals surface area contributed by atoms with Crippen molar-refractivity contribution < 1.29 is 13.9 Å². The molecular weight excluding hydrogens is 284 g/mol. The summed E-state index contributed by atoms with van der Waals surface area (Å²) in [5.41, 5.74) is 1.37. The number of hydrogen-bond acceptors (Lipinski definition) is 5. The molecule has 0 radical (unpaired) electrons. The lowest BCUT2D eigenvalue weighted by Crippen LogP contribution is -2.41. The summed E-state index contributed by atoms with van der Waals surface area (Å²) in [5.74, 6) is -0.612. The van der Waals surface area contributed by atoms with Crippen molar-refractivity contribution in [1.29, 1.82) is 0 Å². The van der Waals surface area contributed by atoms with Gasteiger partial charge < -0.3 is 9.15 Å². The van der Waals surface area contributed by atoms with E-state index in [0.717, 1.165) is 24.9 Å². The topological polar surface area (TPSA) is 64.7 Å². The number of carbonyl (C=O) groups excluding carboxylic acids is 1. The number of fused-ring (bicyclic) bond motifs is 1. The van der Waals surface area contributed by atoms with E-state index in [4.69, 9.17) is 9.15 Å². The van der Waals surface area contributed by atoms with Crippen molar-refractivity contribution in [3.63, 3.8) is 0 Å². The van der Waals surface area contributed by atoms with Crippen molar-refractivity contribution in [2.24, 2.45) is 5.92 Å². The standard InChI is InChI=1S/C16H20N2O4/c1-2-21-15(19)12-6-5-9-17(10-12)11-18-13-7-3-4-8-14(13)22-16(18)20/h3-4,7-8,12H,2,5-6,9-11H2,1H3. The molecule has 1 aliphatic heterocycles. The van der Waals surface area contributed by atoms with E-state index in [1.165, 1.54) is 0 Å². The first-order valence-electron chi connectivity index (χ1n) is 7.66. The van der Waals surface area contributed by atoms with Crippen LogP contribution < -0.4 is 5.76 Å². The van der Waals surface area contributed by atoms with Crippen LogP contribution >= 0.6 is 0 Å². The fraction of sp³-hybridized carbons (Fsp3) is 0.500. The average molecular weight is 304 g/mol. The van der Waals surface area contributed by atoms with Crippen molar-refractivity contribution >= 4 is 17.1 Å². The number of piperidine rings is 1. The Morgan fingerprint density at radius 1 is 1.41 bits per heavy atom. The Morgan fingerprint density at radius 3 is 3.05 bits per heavy atom. The highest BCUT2D eigenvalue weighted by atomic mass is 16.5. The lowest BCUT2D eigenvalue weighted by Gasteiger charge is -2.31. The van der Waals surface area contributed by atoms with Gasteiger partial charge >= 0.3 is 11.7 Å². The van der Waals surface area contributed by atoms with E-state index in [2.05, 4.69) is 4.90 Å². The molecule has 1 aliphatic rings. The lowest BCUT2D eigenvalue weighted by atomic mass is 9.98. The monoisotopic (exact) mass is 304 g/mol. The first-order valence-corrected chi connectivity index (χ1v) is 7.66. The van der Waals surface area contributed by atoms with Crippen LogP contribution in [0.3, 0.4) is 0 Å². The number of aromatic nitrogens is 1. The summed E-state index contributed by atoms with van der Waals surface area (Å²) in [4.78, 5) is 26.0. The number of hydrogen-bond donors (Lipinski definition) is 0. The summed E-state index contributed by atoms with van der Waals surface area (Å²) in [6.07, 6.45) is 1.77. The number of oxazole rings is 1. The van der Waals surface area contributed by atoms with E-state index in [-0.39, 0.29) is 17.6 Å². The van der Waals surface area contributed by atoms with E-state index >= 15 is 0 Å². The number of para-hydroxylation sites is 2. The van der Waals surface area contributed by atoms with E-state index in [1.807, 2.05) is 25.1 Å². The molecular formula is C16H20N2O4. The molecule has 0 bridgehead atoms. The normalized spacial score (nSPS) is 19.4. The quantitative estimate of drug-likeness (QED) is 0.806. The predicted molar refractivity (Wildman–Crippen MR) is 81.4 cm³/mol. The van der Waals surface area contributed by atoms with Crippen LogP contribution in [0.25, 0.3) is 11.1 Å². The smallest absolute Gasteiger partial charge is 0.421 e. The Morgan fingerprint density at radius 2 is 2.23 bits per heavy atom. The van der Waals surface area contributed by atoms with Crippen molar-refractivity contribution in [1.82, 2.24) is 9.47 Å². The molecule has 1 saturated heterocycles. The number of esters is 1. The Hall–Kier alpha value is -2.08. The van der Waals surface area contributed by atoms with Gasteiger partial charge in [0.2, 0.25) is 0 Å². The van der Waals surface area contributed by atoms with Crippen LogP contribution in [0.2, 0.25) is 0 Å². The minimum atomic E-state index is -0.362. The molecule has 0 amide bonds. The van der Waals surface area contributed by atoms with E-state index in [0.29, 0.717) is 25.4 Å². The summed E-state index contributed by atoms with van der Waals surface area (Å²) in [7, 11) is 0. The second-order valence-electron chi connectivity index (χ2n) is 5.57. The SMILES string of the molecule is CCOC(=O)C1CCCN(Cn2c(=O)oc3ccccc32)C1. The van der Waals surface area contributed by atoms with Crippen molar-refractivity contribution in [3.05, 3.63) is 34.8 Å². The van der Waals surface area contributed by atoms with Gasteiger partial charge in [-0.1, -0.05) is 12.1 Å². The zero-order valence-electron chi connectivity index (χ0n) is 12.7. The number of rotatable bonds is 4. The van der Waals surface area contributed by atoms with Gasteiger partial charge in [-0.15, -0.1) is 0 Å². The molecule has 2 aromatic rings.